The highest BCUT2D eigenvalue weighted by Crippen LogP contribution is 2.23. The Kier molecular flexibility index (Phi) is 6.41. The van der Waals surface area contributed by atoms with E-state index in [0.717, 1.165) is 23.9 Å². The van der Waals surface area contributed by atoms with Gasteiger partial charge in [0.25, 0.3) is 11.5 Å². The van der Waals surface area contributed by atoms with Crippen molar-refractivity contribution in [3.63, 3.8) is 0 Å². The average Bonchev–Trinajstić information content (AvgIpc) is 2.70. The molecule has 1 aromatic heterocycles. The fraction of sp³-hybridized carbons (Fsp3) is 0.500. The molecule has 0 radical (unpaired) electrons. The van der Waals surface area contributed by atoms with Crippen LogP contribution in [0.5, 0.6) is 0 Å². The first-order valence-electron chi connectivity index (χ1n) is 9.58. The monoisotopic (exact) mass is 387 g/mol. The maximum absolute atomic E-state index is 12.5. The molecule has 1 amide bonds. The molecule has 8 heteroatoms. The van der Waals surface area contributed by atoms with Crippen molar-refractivity contribution in [2.24, 2.45) is 5.92 Å². The topological polar surface area (TPSA) is 111 Å². The first-order valence-corrected chi connectivity index (χ1v) is 9.58. The molecule has 150 valence electrons. The largest absolute Gasteiger partial charge is 0.451 e. The molecular weight excluding hydrogens is 362 g/mol. The molecule has 1 saturated carbocycles. The summed E-state index contributed by atoms with van der Waals surface area (Å²) in [6.07, 6.45) is 4.26. The Bertz CT molecular complexity index is 924. The fourth-order valence-electron chi connectivity index (χ4n) is 3.61. The zero-order chi connectivity index (χ0) is 20.1. The number of carbonyl (C=O) groups is 2. The van der Waals surface area contributed by atoms with E-state index in [-0.39, 0.29) is 30.8 Å². The molecule has 2 atom stereocenters. The van der Waals surface area contributed by atoms with Gasteiger partial charge in [0.15, 0.2) is 12.3 Å². The maximum Gasteiger partial charge on any atom is 0.359 e. The zero-order valence-corrected chi connectivity index (χ0v) is 15.9. The number of aliphatic hydroxyl groups excluding tert-OH is 1. The van der Waals surface area contributed by atoms with E-state index in [2.05, 4.69) is 17.3 Å². The van der Waals surface area contributed by atoms with Crippen molar-refractivity contribution in [1.29, 1.82) is 0 Å². The second-order valence-corrected chi connectivity index (χ2v) is 7.16. The molecule has 1 aliphatic carbocycles. The molecule has 28 heavy (non-hydrogen) atoms. The molecule has 0 bridgehead atoms. The van der Waals surface area contributed by atoms with Gasteiger partial charge in [-0.15, -0.1) is 0 Å². The van der Waals surface area contributed by atoms with Crippen LogP contribution in [0.1, 0.15) is 43.1 Å². The minimum absolute atomic E-state index is 0.0377. The Labute approximate surface area is 162 Å². The summed E-state index contributed by atoms with van der Waals surface area (Å²) in [4.78, 5) is 37.1. The van der Waals surface area contributed by atoms with Crippen molar-refractivity contribution >= 4 is 22.6 Å². The lowest BCUT2D eigenvalue weighted by molar-refractivity contribution is -0.125. The van der Waals surface area contributed by atoms with Gasteiger partial charge in [-0.2, -0.15) is 5.10 Å². The highest BCUT2D eigenvalue weighted by molar-refractivity contribution is 6.02. The lowest BCUT2D eigenvalue weighted by Crippen LogP contribution is -2.43. The number of amides is 1. The van der Waals surface area contributed by atoms with Crippen molar-refractivity contribution in [3.05, 3.63) is 40.3 Å². The number of benzene rings is 1. The van der Waals surface area contributed by atoms with Gasteiger partial charge in [0.2, 0.25) is 0 Å². The highest BCUT2D eigenvalue weighted by Gasteiger charge is 2.24. The molecule has 1 aromatic carbocycles. The van der Waals surface area contributed by atoms with Crippen LogP contribution in [-0.4, -0.2) is 46.0 Å². The van der Waals surface area contributed by atoms with E-state index in [1.165, 1.54) is 6.42 Å². The van der Waals surface area contributed by atoms with E-state index < -0.39 is 18.1 Å². The number of aromatic nitrogens is 2. The smallest absolute Gasteiger partial charge is 0.359 e. The summed E-state index contributed by atoms with van der Waals surface area (Å²) in [7, 11) is 0. The van der Waals surface area contributed by atoms with E-state index in [9.17, 15) is 14.4 Å². The standard InChI is InChI=1S/C20H25N3O5/c1-13-6-2-5-9-16(13)21-17(25)12-28-20(27)18-14-7-3-4-8-15(14)19(26)23(22-18)10-11-24/h3-4,7-8,13,16,24H,2,5-6,9-12H2,1H3,(H,21,25)/t13-,16+/m0/s1. The summed E-state index contributed by atoms with van der Waals surface area (Å²) in [5, 5.41) is 16.8. The van der Waals surface area contributed by atoms with Crippen LogP contribution < -0.4 is 10.9 Å². The highest BCUT2D eigenvalue weighted by atomic mass is 16.5. The molecule has 0 aliphatic heterocycles. The third-order valence-electron chi connectivity index (χ3n) is 5.17. The van der Waals surface area contributed by atoms with E-state index in [1.807, 2.05) is 0 Å². The molecule has 1 heterocycles. The van der Waals surface area contributed by atoms with Gasteiger partial charge in [-0.1, -0.05) is 38.0 Å². The average molecular weight is 387 g/mol. The molecule has 1 fully saturated rings. The van der Waals surface area contributed by atoms with Gasteiger partial charge >= 0.3 is 5.97 Å². The SMILES string of the molecule is C[C@H]1CCCC[C@H]1NC(=O)COC(=O)c1nn(CCO)c(=O)c2ccccc12. The van der Waals surface area contributed by atoms with Gasteiger partial charge in [0.05, 0.1) is 18.5 Å². The molecule has 8 nitrogen and oxygen atoms in total. The first kappa shape index (κ1) is 20.0. The van der Waals surface area contributed by atoms with Crippen LogP contribution in [0.25, 0.3) is 10.8 Å². The lowest BCUT2D eigenvalue weighted by Gasteiger charge is -2.29. The zero-order valence-electron chi connectivity index (χ0n) is 15.9. The lowest BCUT2D eigenvalue weighted by atomic mass is 9.86. The van der Waals surface area contributed by atoms with Crippen molar-refractivity contribution in [2.75, 3.05) is 13.2 Å². The predicted octanol–water partition coefficient (Wildman–Crippen LogP) is 1.24. The third kappa shape index (κ3) is 4.39. The van der Waals surface area contributed by atoms with Crippen molar-refractivity contribution < 1.29 is 19.4 Å². The van der Waals surface area contributed by atoms with Crippen molar-refractivity contribution in [2.45, 2.75) is 45.2 Å². The number of hydrogen-bond acceptors (Lipinski definition) is 6. The van der Waals surface area contributed by atoms with Crippen LogP contribution in [0.15, 0.2) is 29.1 Å². The number of nitrogens with one attached hydrogen (secondary N) is 1. The third-order valence-corrected chi connectivity index (χ3v) is 5.17. The number of esters is 1. The van der Waals surface area contributed by atoms with Gasteiger partial charge < -0.3 is 15.2 Å². The molecule has 0 saturated heterocycles. The summed E-state index contributed by atoms with van der Waals surface area (Å²) in [6.45, 7) is 1.37. The Morgan fingerprint density at radius 2 is 1.96 bits per heavy atom. The minimum atomic E-state index is -0.783. The molecule has 3 rings (SSSR count). The van der Waals surface area contributed by atoms with Gasteiger partial charge in [-0.3, -0.25) is 9.59 Å². The number of ether oxygens (including phenoxy) is 1. The molecule has 0 unspecified atom stereocenters. The van der Waals surface area contributed by atoms with Crippen LogP contribution in [0.3, 0.4) is 0 Å². The number of nitrogens with zero attached hydrogens (tertiary/aromatic N) is 2. The number of hydrogen-bond donors (Lipinski definition) is 2. The predicted molar refractivity (Wildman–Crippen MR) is 103 cm³/mol. The molecule has 0 spiro atoms. The van der Waals surface area contributed by atoms with Crippen LogP contribution in [0.2, 0.25) is 0 Å². The number of carbonyl (C=O) groups excluding carboxylic acids is 2. The Balaban J connectivity index is 1.73. The number of fused-ring (bicyclic) bond motifs is 1. The second kappa shape index (κ2) is 8.97. The van der Waals surface area contributed by atoms with Crippen molar-refractivity contribution in [3.8, 4) is 0 Å². The van der Waals surface area contributed by atoms with Gasteiger partial charge in [-0.25, -0.2) is 9.48 Å². The van der Waals surface area contributed by atoms with E-state index in [4.69, 9.17) is 9.84 Å². The van der Waals surface area contributed by atoms with E-state index >= 15 is 0 Å². The summed E-state index contributed by atoms with van der Waals surface area (Å²) < 4.78 is 6.19. The summed E-state index contributed by atoms with van der Waals surface area (Å²) in [6, 6.07) is 6.66. The normalized spacial score (nSPS) is 19.4. The second-order valence-electron chi connectivity index (χ2n) is 7.16. The number of aliphatic hydroxyl groups is 1. The van der Waals surface area contributed by atoms with Crippen LogP contribution >= 0.6 is 0 Å². The Hall–Kier alpha value is -2.74. The van der Waals surface area contributed by atoms with Gasteiger partial charge in [0, 0.05) is 11.4 Å². The Morgan fingerprint density at radius 3 is 2.68 bits per heavy atom. The molecule has 1 aliphatic rings. The fourth-order valence-corrected chi connectivity index (χ4v) is 3.61. The summed E-state index contributed by atoms with van der Waals surface area (Å²) >= 11 is 0. The number of rotatable bonds is 6. The quantitative estimate of drug-likeness (QED) is 0.722. The maximum atomic E-state index is 12.5. The first-order chi connectivity index (χ1) is 13.5. The summed E-state index contributed by atoms with van der Waals surface area (Å²) in [5.74, 6) is -0.726. The van der Waals surface area contributed by atoms with Crippen molar-refractivity contribution in [1.82, 2.24) is 15.1 Å². The molecule has 2 N–H and O–H groups in total. The van der Waals surface area contributed by atoms with Gasteiger partial charge in [0.1, 0.15) is 0 Å². The molecular formula is C20H25N3O5. The van der Waals surface area contributed by atoms with Gasteiger partial charge in [-0.05, 0) is 24.8 Å². The van der Waals surface area contributed by atoms with Crippen LogP contribution in [0.4, 0.5) is 0 Å². The van der Waals surface area contributed by atoms with Crippen LogP contribution in [-0.2, 0) is 16.1 Å². The Morgan fingerprint density at radius 1 is 1.25 bits per heavy atom. The van der Waals surface area contributed by atoms with Crippen LogP contribution in [0, 0.1) is 5.92 Å². The molecule has 2 aromatic rings. The van der Waals surface area contributed by atoms with E-state index in [0.29, 0.717) is 16.7 Å². The minimum Gasteiger partial charge on any atom is -0.451 e. The van der Waals surface area contributed by atoms with E-state index in [1.54, 1.807) is 24.3 Å². The summed E-state index contributed by atoms with van der Waals surface area (Å²) in [5.41, 5.74) is -0.451.